The van der Waals surface area contributed by atoms with E-state index in [1.54, 1.807) is 30.7 Å². The fourth-order valence-electron chi connectivity index (χ4n) is 1.58. The van der Waals surface area contributed by atoms with Crippen LogP contribution in [0.15, 0.2) is 10.2 Å². The average molecular weight is 330 g/mol. The zero-order chi connectivity index (χ0) is 16.8. The standard InChI is InChI=1S/C14H22N2O5S/c1-10-9-22-13(19)16(10)7-8-20-11(17)5-6-15-12(18)21-14(2,3)4/h9H,5-8H2,1-4H3,(H,15,18). The molecule has 7 nitrogen and oxygen atoms in total. The van der Waals surface area contributed by atoms with Gasteiger partial charge in [-0.25, -0.2) is 4.79 Å². The van der Waals surface area contributed by atoms with Gasteiger partial charge in [-0.15, -0.1) is 0 Å². The molecule has 0 atom stereocenters. The summed E-state index contributed by atoms with van der Waals surface area (Å²) in [7, 11) is 0. The van der Waals surface area contributed by atoms with E-state index in [2.05, 4.69) is 5.32 Å². The van der Waals surface area contributed by atoms with Gasteiger partial charge in [-0.1, -0.05) is 11.3 Å². The van der Waals surface area contributed by atoms with Crippen LogP contribution in [0.1, 0.15) is 32.9 Å². The van der Waals surface area contributed by atoms with Crippen LogP contribution in [0.25, 0.3) is 0 Å². The number of alkyl carbamates (subject to hydrolysis) is 1. The number of hydrogen-bond acceptors (Lipinski definition) is 6. The largest absolute Gasteiger partial charge is 0.464 e. The Morgan fingerprint density at radius 1 is 1.36 bits per heavy atom. The van der Waals surface area contributed by atoms with Crippen molar-refractivity contribution in [1.29, 1.82) is 0 Å². The number of nitrogens with zero attached hydrogens (tertiary/aromatic N) is 1. The number of thiazole rings is 1. The van der Waals surface area contributed by atoms with Crippen molar-refractivity contribution in [3.05, 3.63) is 20.7 Å². The fourth-order valence-corrected chi connectivity index (χ4v) is 2.34. The van der Waals surface area contributed by atoms with Gasteiger partial charge in [-0.3, -0.25) is 14.2 Å². The minimum Gasteiger partial charge on any atom is -0.464 e. The Hall–Kier alpha value is -1.83. The Morgan fingerprint density at radius 3 is 2.59 bits per heavy atom. The van der Waals surface area contributed by atoms with Crippen molar-refractivity contribution >= 4 is 23.4 Å². The summed E-state index contributed by atoms with van der Waals surface area (Å²) in [6, 6.07) is 0. The van der Waals surface area contributed by atoms with Crippen molar-refractivity contribution in [1.82, 2.24) is 9.88 Å². The van der Waals surface area contributed by atoms with Crippen molar-refractivity contribution in [3.8, 4) is 0 Å². The Kier molecular flexibility index (Phi) is 6.61. The van der Waals surface area contributed by atoms with Gasteiger partial charge in [0, 0.05) is 17.6 Å². The highest BCUT2D eigenvalue weighted by Crippen LogP contribution is 2.06. The Balaban J connectivity index is 2.19. The highest BCUT2D eigenvalue weighted by atomic mass is 32.1. The zero-order valence-corrected chi connectivity index (χ0v) is 14.1. The van der Waals surface area contributed by atoms with Crippen LogP contribution in [0.5, 0.6) is 0 Å². The third-order valence-corrected chi connectivity index (χ3v) is 3.43. The molecule has 0 aliphatic rings. The lowest BCUT2D eigenvalue weighted by atomic mass is 10.2. The summed E-state index contributed by atoms with van der Waals surface area (Å²) >= 11 is 1.12. The number of nitrogens with one attached hydrogen (secondary N) is 1. The zero-order valence-electron chi connectivity index (χ0n) is 13.3. The number of ether oxygens (including phenoxy) is 2. The topological polar surface area (TPSA) is 86.6 Å². The van der Waals surface area contributed by atoms with Gasteiger partial charge in [0.25, 0.3) is 0 Å². The molecule has 0 aliphatic carbocycles. The summed E-state index contributed by atoms with van der Waals surface area (Å²) in [4.78, 5) is 34.3. The maximum atomic E-state index is 11.5. The second-order valence-electron chi connectivity index (χ2n) is 5.69. The first-order valence-electron chi connectivity index (χ1n) is 6.96. The number of esters is 1. The smallest absolute Gasteiger partial charge is 0.407 e. The van der Waals surface area contributed by atoms with Gasteiger partial charge in [-0.05, 0) is 27.7 Å². The van der Waals surface area contributed by atoms with Crippen molar-refractivity contribution in [2.45, 2.75) is 46.3 Å². The predicted octanol–water partition coefficient (Wildman–Crippen LogP) is 1.68. The Morgan fingerprint density at radius 2 is 2.05 bits per heavy atom. The van der Waals surface area contributed by atoms with E-state index >= 15 is 0 Å². The van der Waals surface area contributed by atoms with E-state index in [1.165, 1.54) is 0 Å². The fraction of sp³-hybridized carbons (Fsp3) is 0.643. The molecule has 0 saturated heterocycles. The lowest BCUT2D eigenvalue weighted by molar-refractivity contribution is -0.143. The quantitative estimate of drug-likeness (QED) is 0.802. The van der Waals surface area contributed by atoms with Gasteiger partial charge in [0.15, 0.2) is 0 Å². The van der Waals surface area contributed by atoms with Crippen molar-refractivity contribution in [2.75, 3.05) is 13.2 Å². The van der Waals surface area contributed by atoms with Crippen molar-refractivity contribution in [2.24, 2.45) is 0 Å². The van der Waals surface area contributed by atoms with Gasteiger partial charge in [0.05, 0.1) is 13.0 Å². The molecule has 1 aromatic rings. The maximum Gasteiger partial charge on any atom is 0.407 e. The predicted molar refractivity (Wildman–Crippen MR) is 83.1 cm³/mol. The van der Waals surface area contributed by atoms with Gasteiger partial charge < -0.3 is 14.8 Å². The molecule has 22 heavy (non-hydrogen) atoms. The van der Waals surface area contributed by atoms with Gasteiger partial charge >= 0.3 is 16.9 Å². The second kappa shape index (κ2) is 7.98. The molecule has 0 aromatic carbocycles. The number of rotatable bonds is 6. The van der Waals surface area contributed by atoms with E-state index in [1.807, 2.05) is 6.92 Å². The van der Waals surface area contributed by atoms with E-state index in [0.717, 1.165) is 17.0 Å². The normalized spacial score (nSPS) is 11.1. The van der Waals surface area contributed by atoms with E-state index in [4.69, 9.17) is 9.47 Å². The monoisotopic (exact) mass is 330 g/mol. The molecule has 1 amide bonds. The lowest BCUT2D eigenvalue weighted by Crippen LogP contribution is -2.33. The molecule has 0 unspecified atom stereocenters. The molecule has 0 spiro atoms. The van der Waals surface area contributed by atoms with Crippen LogP contribution < -0.4 is 10.2 Å². The minimum atomic E-state index is -0.573. The molecule has 1 rings (SSSR count). The Labute approximate surface area is 133 Å². The van der Waals surface area contributed by atoms with Gasteiger partial charge in [0.2, 0.25) is 0 Å². The van der Waals surface area contributed by atoms with Crippen LogP contribution >= 0.6 is 11.3 Å². The average Bonchev–Trinajstić information content (AvgIpc) is 2.68. The first-order chi connectivity index (χ1) is 10.2. The first kappa shape index (κ1) is 18.2. The molecule has 0 saturated carbocycles. The van der Waals surface area contributed by atoms with E-state index in [-0.39, 0.29) is 24.4 Å². The molecule has 1 heterocycles. The highest BCUT2D eigenvalue weighted by Gasteiger charge is 2.16. The van der Waals surface area contributed by atoms with Gasteiger partial charge in [0.1, 0.15) is 12.2 Å². The second-order valence-corrected chi connectivity index (χ2v) is 6.51. The number of carbonyl (C=O) groups is 2. The molecular formula is C14H22N2O5S. The number of aryl methyl sites for hydroxylation is 1. The molecule has 1 aromatic heterocycles. The molecule has 1 N–H and O–H groups in total. The van der Waals surface area contributed by atoms with Crippen molar-refractivity contribution < 1.29 is 19.1 Å². The summed E-state index contributed by atoms with van der Waals surface area (Å²) in [6.45, 7) is 7.71. The van der Waals surface area contributed by atoms with Crippen molar-refractivity contribution in [3.63, 3.8) is 0 Å². The van der Waals surface area contributed by atoms with Crippen LogP contribution in [-0.2, 0) is 20.8 Å². The molecule has 0 aliphatic heterocycles. The Bertz CT molecular complexity index is 571. The highest BCUT2D eigenvalue weighted by molar-refractivity contribution is 7.07. The SMILES string of the molecule is Cc1csc(=O)n1CCOC(=O)CCNC(=O)OC(C)(C)C. The molecule has 0 radical (unpaired) electrons. The third kappa shape index (κ3) is 6.75. The summed E-state index contributed by atoms with van der Waals surface area (Å²) < 4.78 is 11.6. The third-order valence-electron chi connectivity index (χ3n) is 2.55. The first-order valence-corrected chi connectivity index (χ1v) is 7.84. The van der Waals surface area contributed by atoms with E-state index < -0.39 is 17.7 Å². The number of amides is 1. The van der Waals surface area contributed by atoms with Crippen LogP contribution in [0.2, 0.25) is 0 Å². The minimum absolute atomic E-state index is 0.0523. The van der Waals surface area contributed by atoms with Crippen LogP contribution in [0, 0.1) is 6.92 Å². The molecule has 0 fully saturated rings. The van der Waals surface area contributed by atoms with Crippen LogP contribution in [-0.4, -0.2) is 35.4 Å². The molecule has 124 valence electrons. The molecule has 0 bridgehead atoms. The molecule has 8 heteroatoms. The summed E-state index contributed by atoms with van der Waals surface area (Å²) in [5.74, 6) is -0.433. The lowest BCUT2D eigenvalue weighted by Gasteiger charge is -2.19. The maximum absolute atomic E-state index is 11.5. The molecular weight excluding hydrogens is 308 g/mol. The summed E-state index contributed by atoms with van der Waals surface area (Å²) in [5, 5.41) is 4.24. The van der Waals surface area contributed by atoms with E-state index in [0.29, 0.717) is 6.54 Å². The summed E-state index contributed by atoms with van der Waals surface area (Å²) in [5.41, 5.74) is 0.272. The number of carbonyl (C=O) groups excluding carboxylic acids is 2. The van der Waals surface area contributed by atoms with Crippen LogP contribution in [0.3, 0.4) is 0 Å². The van der Waals surface area contributed by atoms with Gasteiger partial charge in [-0.2, -0.15) is 0 Å². The number of hydrogen-bond donors (Lipinski definition) is 1. The number of aromatic nitrogens is 1. The van der Waals surface area contributed by atoms with E-state index in [9.17, 15) is 14.4 Å². The van der Waals surface area contributed by atoms with Crippen LogP contribution in [0.4, 0.5) is 4.79 Å². The summed E-state index contributed by atoms with van der Waals surface area (Å²) in [6.07, 6.45) is -0.516.